The first kappa shape index (κ1) is 12.9. The van der Waals surface area contributed by atoms with Crippen LogP contribution in [-0.4, -0.2) is 52.7 Å². The summed E-state index contributed by atoms with van der Waals surface area (Å²) in [4.78, 5) is 22.8. The van der Waals surface area contributed by atoms with Gasteiger partial charge in [-0.25, -0.2) is 0 Å². The second-order valence-corrected chi connectivity index (χ2v) is 4.38. The lowest BCUT2D eigenvalue weighted by Gasteiger charge is -2.35. The van der Waals surface area contributed by atoms with E-state index >= 15 is 0 Å². The van der Waals surface area contributed by atoms with Gasteiger partial charge in [0.15, 0.2) is 0 Å². The lowest BCUT2D eigenvalue weighted by molar-refractivity contribution is -0.140. The van der Waals surface area contributed by atoms with Gasteiger partial charge in [-0.2, -0.15) is 0 Å². The number of carboxylic acid groups (broad SMARTS) is 2. The number of hydrogen-bond acceptors (Lipinski definition) is 4. The van der Waals surface area contributed by atoms with Gasteiger partial charge in [0.1, 0.15) is 0 Å². The van der Waals surface area contributed by atoms with Crippen LogP contribution in [0.2, 0.25) is 0 Å². The molecule has 0 aromatic heterocycles. The summed E-state index contributed by atoms with van der Waals surface area (Å²) in [6.07, 6.45) is 1.47. The number of nitrogens with zero attached hydrogens (tertiary/aromatic N) is 1. The summed E-state index contributed by atoms with van der Waals surface area (Å²) < 4.78 is 0. The van der Waals surface area contributed by atoms with Crippen molar-refractivity contribution in [1.29, 1.82) is 0 Å². The van der Waals surface area contributed by atoms with Crippen molar-refractivity contribution in [3.63, 3.8) is 0 Å². The molecule has 0 aromatic carbocycles. The number of carbonyl (C=O) groups is 2. The van der Waals surface area contributed by atoms with Crippen molar-refractivity contribution in [2.75, 3.05) is 19.6 Å². The van der Waals surface area contributed by atoms with E-state index in [0.717, 1.165) is 6.42 Å². The predicted octanol–water partition coefficient (Wildman–Crippen LogP) is -0.415. The molecule has 1 fully saturated rings. The van der Waals surface area contributed by atoms with Gasteiger partial charge >= 0.3 is 11.9 Å². The molecule has 4 N–H and O–H groups in total. The highest BCUT2D eigenvalue weighted by molar-refractivity contribution is 5.69. The van der Waals surface area contributed by atoms with E-state index in [1.165, 1.54) is 0 Å². The maximum absolute atomic E-state index is 10.6. The van der Waals surface area contributed by atoms with E-state index < -0.39 is 11.9 Å². The van der Waals surface area contributed by atoms with Crippen LogP contribution in [0, 0.1) is 5.92 Å². The van der Waals surface area contributed by atoms with Gasteiger partial charge in [-0.15, -0.1) is 0 Å². The van der Waals surface area contributed by atoms with Crippen LogP contribution in [0.25, 0.3) is 0 Å². The van der Waals surface area contributed by atoms with Crippen molar-refractivity contribution < 1.29 is 19.8 Å². The summed E-state index contributed by atoms with van der Waals surface area (Å²) in [7, 11) is 0. The van der Waals surface area contributed by atoms with E-state index in [1.54, 1.807) is 4.90 Å². The van der Waals surface area contributed by atoms with Crippen LogP contribution in [-0.2, 0) is 9.59 Å². The van der Waals surface area contributed by atoms with Crippen LogP contribution in [0.5, 0.6) is 0 Å². The molecule has 16 heavy (non-hydrogen) atoms. The minimum Gasteiger partial charge on any atom is -0.481 e. The van der Waals surface area contributed by atoms with Crippen molar-refractivity contribution in [3.8, 4) is 0 Å². The number of rotatable bonds is 5. The van der Waals surface area contributed by atoms with Crippen molar-refractivity contribution in [3.05, 3.63) is 0 Å². The van der Waals surface area contributed by atoms with Crippen LogP contribution in [0.3, 0.4) is 0 Å². The molecule has 0 radical (unpaired) electrons. The number of aliphatic carboxylic acids is 2. The van der Waals surface area contributed by atoms with E-state index in [0.29, 0.717) is 19.5 Å². The van der Waals surface area contributed by atoms with E-state index in [9.17, 15) is 9.59 Å². The number of hydrogen-bond donors (Lipinski definition) is 3. The summed E-state index contributed by atoms with van der Waals surface area (Å²) in [5.41, 5.74) is 5.82. The fourth-order valence-electron chi connectivity index (χ4n) is 2.21. The number of nitrogens with two attached hydrogens (primary N) is 1. The van der Waals surface area contributed by atoms with Crippen LogP contribution < -0.4 is 5.73 Å². The van der Waals surface area contributed by atoms with E-state index in [1.807, 2.05) is 0 Å². The number of piperidine rings is 1. The molecule has 2 atom stereocenters. The molecule has 0 aliphatic carbocycles. The van der Waals surface area contributed by atoms with Crippen molar-refractivity contribution in [2.45, 2.75) is 25.3 Å². The van der Waals surface area contributed by atoms with E-state index in [4.69, 9.17) is 15.9 Å². The normalized spacial score (nSPS) is 26.6. The zero-order chi connectivity index (χ0) is 12.1. The van der Waals surface area contributed by atoms with Gasteiger partial charge in [-0.1, -0.05) is 0 Å². The average molecular weight is 230 g/mol. The maximum Gasteiger partial charge on any atom is 0.317 e. The average Bonchev–Trinajstić information content (AvgIpc) is 2.12. The molecule has 0 saturated carbocycles. The van der Waals surface area contributed by atoms with Gasteiger partial charge in [-0.3, -0.25) is 14.5 Å². The molecule has 92 valence electrons. The Morgan fingerprint density at radius 3 is 2.50 bits per heavy atom. The highest BCUT2D eigenvalue weighted by Crippen LogP contribution is 2.20. The number of likely N-dealkylation sites (tertiary alicyclic amines) is 1. The number of carboxylic acids is 2. The second-order valence-electron chi connectivity index (χ2n) is 4.38. The van der Waals surface area contributed by atoms with Gasteiger partial charge in [0, 0.05) is 25.6 Å². The Hall–Kier alpha value is -1.14. The molecule has 0 aromatic rings. The smallest absolute Gasteiger partial charge is 0.317 e. The molecule has 1 heterocycles. The standard InChI is InChI=1S/C10H18N2O4/c11-8-3-7(1-2-9(13)14)4-12(5-8)6-10(15)16/h7-8H,1-6,11H2,(H,13,14)(H,15,16). The van der Waals surface area contributed by atoms with Gasteiger partial charge in [-0.05, 0) is 18.8 Å². The van der Waals surface area contributed by atoms with Crippen LogP contribution in [0.4, 0.5) is 0 Å². The Labute approximate surface area is 94.0 Å². The monoisotopic (exact) mass is 230 g/mol. The molecular formula is C10H18N2O4. The fraction of sp³-hybridized carbons (Fsp3) is 0.800. The maximum atomic E-state index is 10.6. The lowest BCUT2D eigenvalue weighted by Crippen LogP contribution is -2.48. The molecule has 0 amide bonds. The van der Waals surface area contributed by atoms with Crippen molar-refractivity contribution in [2.24, 2.45) is 11.7 Å². The predicted molar refractivity (Wildman–Crippen MR) is 57.0 cm³/mol. The molecule has 0 bridgehead atoms. The van der Waals surface area contributed by atoms with Crippen molar-refractivity contribution in [1.82, 2.24) is 4.90 Å². The van der Waals surface area contributed by atoms with Gasteiger partial charge in [0.25, 0.3) is 0 Å². The highest BCUT2D eigenvalue weighted by Gasteiger charge is 2.26. The second kappa shape index (κ2) is 5.81. The largest absolute Gasteiger partial charge is 0.481 e. The van der Waals surface area contributed by atoms with E-state index in [2.05, 4.69) is 0 Å². The molecule has 6 heteroatoms. The first-order valence-corrected chi connectivity index (χ1v) is 5.39. The minimum atomic E-state index is -0.869. The topological polar surface area (TPSA) is 104 Å². The Morgan fingerprint density at radius 1 is 1.25 bits per heavy atom. The zero-order valence-electron chi connectivity index (χ0n) is 9.13. The summed E-state index contributed by atoms with van der Waals surface area (Å²) in [5, 5.41) is 17.3. The lowest BCUT2D eigenvalue weighted by atomic mass is 9.91. The minimum absolute atomic E-state index is 0.0166. The Bertz CT molecular complexity index is 270. The highest BCUT2D eigenvalue weighted by atomic mass is 16.4. The van der Waals surface area contributed by atoms with Crippen LogP contribution >= 0.6 is 0 Å². The molecule has 6 nitrogen and oxygen atoms in total. The molecule has 0 spiro atoms. The Balaban J connectivity index is 2.40. The first-order valence-electron chi connectivity index (χ1n) is 5.39. The Morgan fingerprint density at radius 2 is 1.94 bits per heavy atom. The SMILES string of the molecule is NC1CC(CCC(=O)O)CN(CC(=O)O)C1. The quantitative estimate of drug-likeness (QED) is 0.593. The molecule has 2 unspecified atom stereocenters. The summed E-state index contributed by atoms with van der Waals surface area (Å²) >= 11 is 0. The zero-order valence-corrected chi connectivity index (χ0v) is 9.13. The van der Waals surface area contributed by atoms with Crippen molar-refractivity contribution >= 4 is 11.9 Å². The molecule has 1 aliphatic heterocycles. The fourth-order valence-corrected chi connectivity index (χ4v) is 2.21. The van der Waals surface area contributed by atoms with Crippen LogP contribution in [0.15, 0.2) is 0 Å². The summed E-state index contributed by atoms with van der Waals surface area (Å²) in [5.74, 6) is -1.49. The molecule has 1 rings (SSSR count). The third-order valence-corrected chi connectivity index (χ3v) is 2.77. The third kappa shape index (κ3) is 4.59. The van der Waals surface area contributed by atoms with Gasteiger partial charge < -0.3 is 15.9 Å². The summed E-state index contributed by atoms with van der Waals surface area (Å²) in [6, 6.07) is -0.0492. The molecular weight excluding hydrogens is 212 g/mol. The summed E-state index contributed by atoms with van der Waals surface area (Å²) in [6.45, 7) is 1.19. The first-order chi connectivity index (χ1) is 7.47. The Kier molecular flexibility index (Phi) is 4.70. The van der Waals surface area contributed by atoms with Crippen LogP contribution in [0.1, 0.15) is 19.3 Å². The molecule has 1 aliphatic rings. The molecule has 1 saturated heterocycles. The van der Waals surface area contributed by atoms with Gasteiger partial charge in [0.05, 0.1) is 6.54 Å². The third-order valence-electron chi connectivity index (χ3n) is 2.77. The van der Waals surface area contributed by atoms with E-state index in [-0.39, 0.29) is 24.9 Å². The van der Waals surface area contributed by atoms with Gasteiger partial charge in [0.2, 0.25) is 0 Å².